The van der Waals surface area contributed by atoms with E-state index in [0.717, 1.165) is 11.1 Å². The maximum absolute atomic E-state index is 12.1. The monoisotopic (exact) mass is 562 g/mol. The Balaban J connectivity index is 0.00000253. The van der Waals surface area contributed by atoms with E-state index >= 15 is 0 Å². The van der Waals surface area contributed by atoms with Crippen molar-refractivity contribution in [3.8, 4) is 11.1 Å². The van der Waals surface area contributed by atoms with Crippen LogP contribution in [0.4, 0.5) is 0 Å². The Labute approximate surface area is 267 Å². The molecule has 0 bridgehead atoms. The van der Waals surface area contributed by atoms with Crippen LogP contribution in [0.5, 0.6) is 0 Å². The number of hydrogen-bond acceptors (Lipinski definition) is 6. The predicted octanol–water partition coefficient (Wildman–Crippen LogP) is -0.489. The van der Waals surface area contributed by atoms with Gasteiger partial charge in [-0.3, -0.25) is 0 Å². The van der Waals surface area contributed by atoms with E-state index < -0.39 is 30.0 Å². The van der Waals surface area contributed by atoms with E-state index in [-0.39, 0.29) is 70.2 Å². The fraction of sp³-hybridized carbons (Fsp3) is 0. The first-order valence-corrected chi connectivity index (χ1v) is 13.6. The Morgan fingerprint density at radius 3 is 1.08 bits per heavy atom. The largest absolute Gasteiger partial charge is 1.00 e. The molecule has 0 unspecified atom stereocenters. The van der Waals surface area contributed by atoms with Crippen LogP contribution in [0.3, 0.4) is 0 Å². The summed E-state index contributed by atoms with van der Waals surface area (Å²) in [6, 6.07) is 26.6. The van der Waals surface area contributed by atoms with Gasteiger partial charge in [0.15, 0.2) is 0 Å². The van der Waals surface area contributed by atoms with Gasteiger partial charge in [0.05, 0.1) is 9.79 Å². The zero-order valence-corrected chi connectivity index (χ0v) is 26.4. The van der Waals surface area contributed by atoms with Gasteiger partial charge in [0.2, 0.25) is 0 Å². The molecule has 0 aromatic heterocycles. The van der Waals surface area contributed by atoms with Gasteiger partial charge in [-0.25, -0.2) is 16.8 Å². The van der Waals surface area contributed by atoms with Crippen LogP contribution in [0.2, 0.25) is 0 Å². The fourth-order valence-electron chi connectivity index (χ4n) is 3.66. The van der Waals surface area contributed by atoms with E-state index in [1.54, 1.807) is 36.4 Å². The van der Waals surface area contributed by atoms with E-state index in [1.807, 2.05) is 60.7 Å². The zero-order valence-electron chi connectivity index (χ0n) is 20.8. The molecule has 0 N–H and O–H groups in total. The van der Waals surface area contributed by atoms with Crippen molar-refractivity contribution in [2.24, 2.45) is 0 Å². The predicted molar refractivity (Wildman–Crippen MR) is 139 cm³/mol. The second-order valence-electron chi connectivity index (χ2n) is 7.91. The van der Waals surface area contributed by atoms with Crippen LogP contribution in [-0.4, -0.2) is 25.9 Å². The van der Waals surface area contributed by atoms with Gasteiger partial charge in [-0.1, -0.05) is 109 Å². The van der Waals surface area contributed by atoms with Crippen molar-refractivity contribution in [3.05, 3.63) is 119 Å². The first-order valence-electron chi connectivity index (χ1n) is 10.8. The third-order valence-corrected chi connectivity index (χ3v) is 7.13. The minimum Gasteiger partial charge on any atom is -0.744 e. The topological polar surface area (TPSA) is 114 Å². The third-order valence-electron chi connectivity index (χ3n) is 5.38. The van der Waals surface area contributed by atoms with Crippen LogP contribution in [0.25, 0.3) is 35.4 Å². The molecule has 0 radical (unpaired) electrons. The molecular formula is C28H20Na2O6S2. The molecule has 0 saturated carbocycles. The molecule has 0 aliphatic heterocycles. The van der Waals surface area contributed by atoms with Gasteiger partial charge < -0.3 is 9.11 Å². The molecule has 38 heavy (non-hydrogen) atoms. The molecule has 0 amide bonds. The second-order valence-corrected chi connectivity index (χ2v) is 10.6. The van der Waals surface area contributed by atoms with Crippen LogP contribution in [0, 0.1) is 0 Å². The molecule has 4 rings (SSSR count). The minimum absolute atomic E-state index is 0. The van der Waals surface area contributed by atoms with Crippen molar-refractivity contribution in [1.82, 2.24) is 0 Å². The summed E-state index contributed by atoms with van der Waals surface area (Å²) in [5.74, 6) is 0. The van der Waals surface area contributed by atoms with Gasteiger partial charge in [-0.2, -0.15) is 0 Å². The Hall–Kier alpha value is -1.82. The maximum Gasteiger partial charge on any atom is 1.00 e. The van der Waals surface area contributed by atoms with E-state index in [9.17, 15) is 25.9 Å². The van der Waals surface area contributed by atoms with Gasteiger partial charge in [0.25, 0.3) is 0 Å². The summed E-state index contributed by atoms with van der Waals surface area (Å²) in [6.07, 6.45) is 6.77. The average molecular weight is 563 g/mol. The van der Waals surface area contributed by atoms with E-state index in [4.69, 9.17) is 0 Å². The molecule has 6 nitrogen and oxygen atoms in total. The average Bonchev–Trinajstić information content (AvgIpc) is 2.86. The quantitative estimate of drug-likeness (QED) is 0.171. The summed E-state index contributed by atoms with van der Waals surface area (Å²) >= 11 is 0. The standard InChI is InChI=1S/C28H22O6S2.2Na/c29-35(30,31)27-19-23(13-11-21-7-3-1-4-8-21)15-17-25(27)26-18-16-24(20-28(26)36(32,33)34)14-12-22-9-5-2-6-10-22;;/h1-20H,(H,29,30,31)(H,32,33,34);;/q;2*+1/p-2/b13-11+,14-12+;;. The summed E-state index contributed by atoms with van der Waals surface area (Å²) in [7, 11) is -10.0. The molecule has 0 aliphatic carbocycles. The number of rotatable bonds is 7. The normalized spacial score (nSPS) is 11.7. The molecule has 0 spiro atoms. The molecule has 0 atom stereocenters. The van der Waals surface area contributed by atoms with Crippen LogP contribution < -0.4 is 59.1 Å². The summed E-state index contributed by atoms with van der Waals surface area (Å²) < 4.78 is 72.7. The van der Waals surface area contributed by atoms with Gasteiger partial charge in [0.1, 0.15) is 20.2 Å². The summed E-state index contributed by atoms with van der Waals surface area (Å²) in [5, 5.41) is 0. The molecule has 0 saturated heterocycles. The maximum atomic E-state index is 12.1. The number of hydrogen-bond donors (Lipinski definition) is 0. The van der Waals surface area contributed by atoms with Crippen LogP contribution in [0.1, 0.15) is 22.3 Å². The van der Waals surface area contributed by atoms with E-state index in [1.165, 1.54) is 24.3 Å². The zero-order chi connectivity index (χ0) is 25.8. The molecule has 182 valence electrons. The first-order chi connectivity index (χ1) is 17.1. The van der Waals surface area contributed by atoms with Crippen molar-refractivity contribution in [1.29, 1.82) is 0 Å². The van der Waals surface area contributed by atoms with Crippen molar-refractivity contribution >= 4 is 44.5 Å². The van der Waals surface area contributed by atoms with Crippen molar-refractivity contribution in [3.63, 3.8) is 0 Å². The molecule has 4 aromatic rings. The summed E-state index contributed by atoms with van der Waals surface area (Å²) in [4.78, 5) is -1.23. The minimum atomic E-state index is -5.00. The van der Waals surface area contributed by atoms with Crippen molar-refractivity contribution in [2.45, 2.75) is 9.79 Å². The van der Waals surface area contributed by atoms with Crippen LogP contribution >= 0.6 is 0 Å². The Morgan fingerprint density at radius 1 is 0.447 bits per heavy atom. The Morgan fingerprint density at radius 2 is 0.763 bits per heavy atom. The Kier molecular flexibility index (Phi) is 11.9. The van der Waals surface area contributed by atoms with Crippen molar-refractivity contribution in [2.75, 3.05) is 0 Å². The van der Waals surface area contributed by atoms with Gasteiger partial charge >= 0.3 is 59.1 Å². The molecule has 10 heteroatoms. The van der Waals surface area contributed by atoms with Crippen LogP contribution in [0.15, 0.2) is 107 Å². The van der Waals surface area contributed by atoms with E-state index in [2.05, 4.69) is 0 Å². The SMILES string of the molecule is O=S(=O)([O-])c1cc(/C=C/c2ccccc2)ccc1-c1ccc(/C=C/c2ccccc2)cc1S(=O)(=O)[O-].[Na+].[Na+]. The summed E-state index contributed by atoms with van der Waals surface area (Å²) in [5.41, 5.74) is 2.26. The first kappa shape index (κ1) is 32.4. The van der Waals surface area contributed by atoms with Crippen LogP contribution in [-0.2, 0) is 20.2 Å². The molecule has 0 heterocycles. The molecular weight excluding hydrogens is 542 g/mol. The third kappa shape index (κ3) is 8.59. The second kappa shape index (κ2) is 14.0. The van der Waals surface area contributed by atoms with Gasteiger partial charge in [-0.05, 0) is 34.4 Å². The summed E-state index contributed by atoms with van der Waals surface area (Å²) in [6.45, 7) is 0. The molecule has 4 aromatic carbocycles. The Bertz CT molecular complexity index is 1540. The van der Waals surface area contributed by atoms with Gasteiger partial charge in [0, 0.05) is 11.1 Å². The van der Waals surface area contributed by atoms with Gasteiger partial charge in [-0.15, -0.1) is 0 Å². The molecule has 0 fully saturated rings. The molecule has 0 aliphatic rings. The van der Waals surface area contributed by atoms with Crippen molar-refractivity contribution < 1.29 is 85.1 Å². The number of benzene rings is 4. The fourth-order valence-corrected chi connectivity index (χ4v) is 5.11. The smallest absolute Gasteiger partial charge is 0.744 e. The van der Waals surface area contributed by atoms with E-state index in [0.29, 0.717) is 11.1 Å².